The number of hydrogen-bond acceptors (Lipinski definition) is 2. The van der Waals surface area contributed by atoms with Gasteiger partial charge in [-0.25, -0.2) is 0 Å². The molecule has 1 fully saturated rings. The van der Waals surface area contributed by atoms with Crippen LogP contribution in [0.2, 0.25) is 0 Å². The van der Waals surface area contributed by atoms with Gasteiger partial charge in [0.2, 0.25) is 0 Å². The largest absolute Gasteiger partial charge is 0.349 e. The molecular formula is C15H22N2O. The number of amides is 1. The van der Waals surface area contributed by atoms with Crippen LogP contribution in [0.5, 0.6) is 0 Å². The zero-order chi connectivity index (χ0) is 13.0. The number of benzene rings is 1. The van der Waals surface area contributed by atoms with Crippen LogP contribution in [0.1, 0.15) is 42.1 Å². The van der Waals surface area contributed by atoms with Crippen molar-refractivity contribution in [2.75, 3.05) is 6.54 Å². The normalized spacial score (nSPS) is 21.7. The molecule has 1 aromatic rings. The first-order chi connectivity index (χ1) is 8.74. The van der Waals surface area contributed by atoms with Crippen LogP contribution in [0.3, 0.4) is 0 Å². The van der Waals surface area contributed by atoms with Gasteiger partial charge in [-0.1, -0.05) is 25.5 Å². The highest BCUT2D eigenvalue weighted by molar-refractivity contribution is 5.94. The monoisotopic (exact) mass is 246 g/mol. The molecule has 2 rings (SSSR count). The van der Waals surface area contributed by atoms with Crippen molar-refractivity contribution >= 4 is 5.91 Å². The van der Waals surface area contributed by atoms with Gasteiger partial charge in [-0.15, -0.1) is 0 Å². The molecule has 0 radical (unpaired) electrons. The molecule has 1 saturated carbocycles. The molecule has 0 aromatic heterocycles. The van der Waals surface area contributed by atoms with Gasteiger partial charge >= 0.3 is 0 Å². The van der Waals surface area contributed by atoms with Crippen LogP contribution in [0.25, 0.3) is 0 Å². The van der Waals surface area contributed by atoms with E-state index >= 15 is 0 Å². The Kier molecular flexibility index (Phi) is 4.37. The van der Waals surface area contributed by atoms with E-state index in [1.807, 2.05) is 24.3 Å². The third kappa shape index (κ3) is 3.33. The molecule has 1 amide bonds. The minimum atomic E-state index is 0.0536. The lowest BCUT2D eigenvalue weighted by atomic mass is 10.1. The molecule has 98 valence electrons. The maximum atomic E-state index is 12.0. The van der Waals surface area contributed by atoms with Crippen LogP contribution in [0.15, 0.2) is 24.3 Å². The van der Waals surface area contributed by atoms with E-state index in [1.54, 1.807) is 0 Å². The summed E-state index contributed by atoms with van der Waals surface area (Å²) >= 11 is 0. The van der Waals surface area contributed by atoms with Crippen molar-refractivity contribution in [1.82, 2.24) is 5.32 Å². The maximum absolute atomic E-state index is 12.0. The van der Waals surface area contributed by atoms with Gasteiger partial charge in [-0.05, 0) is 49.4 Å². The molecule has 0 heterocycles. The summed E-state index contributed by atoms with van der Waals surface area (Å²) < 4.78 is 0. The molecule has 0 bridgehead atoms. The zero-order valence-electron chi connectivity index (χ0n) is 11.0. The van der Waals surface area contributed by atoms with Gasteiger partial charge in [-0.3, -0.25) is 4.79 Å². The molecule has 1 aliphatic rings. The Balaban J connectivity index is 1.85. The average molecular weight is 246 g/mol. The van der Waals surface area contributed by atoms with Crippen molar-refractivity contribution in [2.24, 2.45) is 11.7 Å². The summed E-state index contributed by atoms with van der Waals surface area (Å²) in [5, 5.41) is 3.09. The third-order valence-electron chi connectivity index (χ3n) is 3.55. The molecular weight excluding hydrogens is 224 g/mol. The number of rotatable bonds is 6. The Hall–Kier alpha value is -1.35. The van der Waals surface area contributed by atoms with Crippen LogP contribution >= 0.6 is 0 Å². The Bertz CT molecular complexity index is 399. The quantitative estimate of drug-likeness (QED) is 0.807. The van der Waals surface area contributed by atoms with Gasteiger partial charge in [0.05, 0.1) is 0 Å². The maximum Gasteiger partial charge on any atom is 0.251 e. The fraction of sp³-hybridized carbons (Fsp3) is 0.533. The highest BCUT2D eigenvalue weighted by Crippen LogP contribution is 2.34. The molecule has 18 heavy (non-hydrogen) atoms. The van der Waals surface area contributed by atoms with Crippen LogP contribution in [0.4, 0.5) is 0 Å². The van der Waals surface area contributed by atoms with Crippen molar-refractivity contribution < 1.29 is 4.79 Å². The molecule has 0 spiro atoms. The van der Waals surface area contributed by atoms with Crippen LogP contribution < -0.4 is 11.1 Å². The summed E-state index contributed by atoms with van der Waals surface area (Å²) in [6, 6.07) is 8.15. The van der Waals surface area contributed by atoms with E-state index < -0.39 is 0 Å². The van der Waals surface area contributed by atoms with Crippen LogP contribution in [0, 0.1) is 5.92 Å². The highest BCUT2D eigenvalue weighted by Gasteiger charge is 2.37. The lowest BCUT2D eigenvalue weighted by Gasteiger charge is -2.05. The molecule has 1 aliphatic carbocycles. The number of nitrogens with two attached hydrogens (primary N) is 1. The number of hydrogen-bond donors (Lipinski definition) is 2. The Morgan fingerprint density at radius 3 is 2.72 bits per heavy atom. The van der Waals surface area contributed by atoms with E-state index in [0.717, 1.165) is 18.4 Å². The van der Waals surface area contributed by atoms with E-state index in [1.165, 1.54) is 18.4 Å². The van der Waals surface area contributed by atoms with Crippen molar-refractivity contribution in [3.63, 3.8) is 0 Å². The van der Waals surface area contributed by atoms with Crippen LogP contribution in [-0.2, 0) is 6.42 Å². The van der Waals surface area contributed by atoms with Crippen molar-refractivity contribution in [2.45, 2.75) is 38.6 Å². The molecule has 2 atom stereocenters. The first kappa shape index (κ1) is 13.1. The van der Waals surface area contributed by atoms with E-state index in [4.69, 9.17) is 5.73 Å². The van der Waals surface area contributed by atoms with Gasteiger partial charge in [0.25, 0.3) is 5.91 Å². The van der Waals surface area contributed by atoms with E-state index in [0.29, 0.717) is 18.5 Å². The third-order valence-corrected chi connectivity index (χ3v) is 3.55. The van der Waals surface area contributed by atoms with Crippen molar-refractivity contribution in [1.29, 1.82) is 0 Å². The predicted molar refractivity (Wildman–Crippen MR) is 73.5 cm³/mol. The average Bonchev–Trinajstić information content (AvgIpc) is 3.09. The molecule has 1 aromatic carbocycles. The summed E-state index contributed by atoms with van der Waals surface area (Å²) in [5.74, 6) is 0.758. The van der Waals surface area contributed by atoms with Gasteiger partial charge in [0, 0.05) is 11.6 Å². The summed E-state index contributed by atoms with van der Waals surface area (Å²) in [5.41, 5.74) is 7.43. The molecule has 3 nitrogen and oxygen atoms in total. The van der Waals surface area contributed by atoms with E-state index in [9.17, 15) is 4.79 Å². The Morgan fingerprint density at radius 1 is 1.39 bits per heavy atom. The Labute approximate surface area is 109 Å². The second-order valence-electron chi connectivity index (χ2n) is 5.10. The van der Waals surface area contributed by atoms with Gasteiger partial charge < -0.3 is 11.1 Å². The summed E-state index contributed by atoms with van der Waals surface area (Å²) in [6.45, 7) is 2.83. The number of carbonyl (C=O) groups excluding carboxylic acids is 1. The summed E-state index contributed by atoms with van der Waals surface area (Å²) in [6.07, 6.45) is 4.43. The van der Waals surface area contributed by atoms with E-state index in [-0.39, 0.29) is 5.91 Å². The number of nitrogens with one attached hydrogen (secondary N) is 1. The fourth-order valence-corrected chi connectivity index (χ4v) is 2.36. The van der Waals surface area contributed by atoms with Gasteiger partial charge in [0.1, 0.15) is 0 Å². The number of carbonyl (C=O) groups is 1. The zero-order valence-corrected chi connectivity index (χ0v) is 11.0. The minimum Gasteiger partial charge on any atom is -0.349 e. The highest BCUT2D eigenvalue weighted by atomic mass is 16.1. The van der Waals surface area contributed by atoms with Crippen molar-refractivity contribution in [3.8, 4) is 0 Å². The first-order valence-electron chi connectivity index (χ1n) is 6.84. The summed E-state index contributed by atoms with van der Waals surface area (Å²) in [7, 11) is 0. The lowest BCUT2D eigenvalue weighted by Crippen LogP contribution is -2.26. The summed E-state index contributed by atoms with van der Waals surface area (Å²) in [4.78, 5) is 12.0. The standard InChI is InChI=1S/C15H22N2O/c1-2-3-13-10-14(13)17-15(18)12-6-4-11(5-7-12)8-9-16/h4-7,13-14H,2-3,8-10,16H2,1H3,(H,17,18). The minimum absolute atomic E-state index is 0.0536. The second kappa shape index (κ2) is 6.01. The fourth-order valence-electron chi connectivity index (χ4n) is 2.36. The topological polar surface area (TPSA) is 55.1 Å². The molecule has 3 heteroatoms. The van der Waals surface area contributed by atoms with Gasteiger partial charge in [0.15, 0.2) is 0 Å². The molecule has 2 unspecified atom stereocenters. The predicted octanol–water partition coefficient (Wildman–Crippen LogP) is 2.11. The first-order valence-corrected chi connectivity index (χ1v) is 6.84. The molecule has 0 saturated heterocycles. The van der Waals surface area contributed by atoms with Gasteiger partial charge in [-0.2, -0.15) is 0 Å². The SMILES string of the molecule is CCCC1CC1NC(=O)c1ccc(CCN)cc1. The van der Waals surface area contributed by atoms with E-state index in [2.05, 4.69) is 12.2 Å². The smallest absolute Gasteiger partial charge is 0.251 e. The molecule has 0 aliphatic heterocycles. The van der Waals surface area contributed by atoms with Crippen LogP contribution in [-0.4, -0.2) is 18.5 Å². The molecule has 3 N–H and O–H groups in total. The Morgan fingerprint density at radius 2 is 2.11 bits per heavy atom. The van der Waals surface area contributed by atoms with Crippen molar-refractivity contribution in [3.05, 3.63) is 35.4 Å². The second-order valence-corrected chi connectivity index (χ2v) is 5.10. The lowest BCUT2D eigenvalue weighted by molar-refractivity contribution is 0.0949.